The van der Waals surface area contributed by atoms with E-state index in [4.69, 9.17) is 0 Å². The van der Waals surface area contributed by atoms with Crippen LogP contribution in [0.15, 0.2) is 54.6 Å². The summed E-state index contributed by atoms with van der Waals surface area (Å²) < 4.78 is 2.15. The van der Waals surface area contributed by atoms with Crippen molar-refractivity contribution in [2.24, 2.45) is 7.05 Å². The zero-order chi connectivity index (χ0) is 12.5. The van der Waals surface area contributed by atoms with Gasteiger partial charge in [-0.2, -0.15) is 0 Å². The summed E-state index contributed by atoms with van der Waals surface area (Å²) in [7, 11) is 2.05. The number of aromatic nitrogens is 1. The average Bonchev–Trinajstić information content (AvgIpc) is 2.76. The first-order chi connectivity index (χ1) is 8.79. The molecule has 0 atom stereocenters. The molecular formula is C16H13NO. The Hall–Kier alpha value is -2.35. The molecular weight excluding hydrogens is 222 g/mol. The topological polar surface area (TPSA) is 22.0 Å². The summed E-state index contributed by atoms with van der Waals surface area (Å²) in [5, 5.41) is 1.10. The monoisotopic (exact) mass is 235 g/mol. The lowest BCUT2D eigenvalue weighted by atomic mass is 10.1. The van der Waals surface area contributed by atoms with Crippen molar-refractivity contribution in [1.82, 2.24) is 4.57 Å². The maximum atomic E-state index is 10.8. The molecule has 0 aliphatic heterocycles. The molecule has 1 heterocycles. The van der Waals surface area contributed by atoms with Crippen LogP contribution >= 0.6 is 0 Å². The Bertz CT molecular complexity index is 711. The Labute approximate surface area is 105 Å². The number of benzene rings is 2. The first-order valence-electron chi connectivity index (χ1n) is 5.89. The van der Waals surface area contributed by atoms with E-state index in [1.807, 2.05) is 43.4 Å². The van der Waals surface area contributed by atoms with E-state index >= 15 is 0 Å². The van der Waals surface area contributed by atoms with Gasteiger partial charge in [0.1, 0.15) is 6.29 Å². The van der Waals surface area contributed by atoms with Gasteiger partial charge in [0.2, 0.25) is 0 Å². The van der Waals surface area contributed by atoms with Crippen LogP contribution in [0.1, 0.15) is 10.4 Å². The van der Waals surface area contributed by atoms with Crippen LogP contribution in [-0.2, 0) is 7.05 Å². The zero-order valence-electron chi connectivity index (χ0n) is 10.1. The van der Waals surface area contributed by atoms with Crippen LogP contribution in [0.5, 0.6) is 0 Å². The van der Waals surface area contributed by atoms with E-state index in [-0.39, 0.29) is 0 Å². The number of hydrogen-bond acceptors (Lipinski definition) is 1. The molecule has 0 aliphatic rings. The van der Waals surface area contributed by atoms with Crippen molar-refractivity contribution in [3.05, 3.63) is 60.2 Å². The molecule has 0 spiro atoms. The SMILES string of the molecule is Cn1c(-c2ccccc2)cc2cc(C=O)ccc21. The van der Waals surface area contributed by atoms with Gasteiger partial charge in [0.25, 0.3) is 0 Å². The normalized spacial score (nSPS) is 10.7. The molecule has 0 N–H and O–H groups in total. The van der Waals surface area contributed by atoms with Crippen LogP contribution in [0, 0.1) is 0 Å². The van der Waals surface area contributed by atoms with Crippen molar-refractivity contribution in [2.75, 3.05) is 0 Å². The minimum Gasteiger partial charge on any atom is -0.344 e. The lowest BCUT2D eigenvalue weighted by Crippen LogP contribution is -1.90. The smallest absolute Gasteiger partial charge is 0.150 e. The van der Waals surface area contributed by atoms with E-state index in [2.05, 4.69) is 22.8 Å². The molecule has 3 aromatic rings. The fraction of sp³-hybridized carbons (Fsp3) is 0.0625. The molecule has 0 saturated heterocycles. The summed E-state index contributed by atoms with van der Waals surface area (Å²) in [5.74, 6) is 0. The lowest BCUT2D eigenvalue weighted by Gasteiger charge is -2.03. The van der Waals surface area contributed by atoms with Crippen LogP contribution in [0.4, 0.5) is 0 Å². The van der Waals surface area contributed by atoms with Gasteiger partial charge < -0.3 is 4.57 Å². The second-order valence-electron chi connectivity index (χ2n) is 4.39. The highest BCUT2D eigenvalue weighted by atomic mass is 16.1. The summed E-state index contributed by atoms with van der Waals surface area (Å²) in [4.78, 5) is 10.8. The fourth-order valence-corrected chi connectivity index (χ4v) is 2.33. The van der Waals surface area contributed by atoms with Crippen LogP contribution in [-0.4, -0.2) is 10.9 Å². The van der Waals surface area contributed by atoms with Crippen LogP contribution in [0.2, 0.25) is 0 Å². The van der Waals surface area contributed by atoms with Gasteiger partial charge >= 0.3 is 0 Å². The van der Waals surface area contributed by atoms with Gasteiger partial charge in [-0.3, -0.25) is 4.79 Å². The predicted molar refractivity (Wildman–Crippen MR) is 73.7 cm³/mol. The predicted octanol–water partition coefficient (Wildman–Crippen LogP) is 3.66. The Balaban J connectivity index is 2.26. The second-order valence-corrected chi connectivity index (χ2v) is 4.39. The van der Waals surface area contributed by atoms with Gasteiger partial charge in [0, 0.05) is 29.2 Å². The molecule has 2 aromatic carbocycles. The number of rotatable bonds is 2. The summed E-state index contributed by atoms with van der Waals surface area (Å²) in [5.41, 5.74) is 4.20. The summed E-state index contributed by atoms with van der Waals surface area (Å²) in [6, 6.07) is 18.1. The Kier molecular flexibility index (Phi) is 2.49. The lowest BCUT2D eigenvalue weighted by molar-refractivity contribution is 0.112. The number of carbonyl (C=O) groups is 1. The number of hydrogen-bond donors (Lipinski definition) is 0. The van der Waals surface area contributed by atoms with E-state index in [1.54, 1.807) is 0 Å². The molecule has 0 radical (unpaired) electrons. The number of aryl methyl sites for hydroxylation is 1. The van der Waals surface area contributed by atoms with Crippen LogP contribution < -0.4 is 0 Å². The van der Waals surface area contributed by atoms with Gasteiger partial charge in [-0.1, -0.05) is 30.3 Å². The van der Waals surface area contributed by atoms with Gasteiger partial charge in [-0.25, -0.2) is 0 Å². The van der Waals surface area contributed by atoms with Crippen molar-refractivity contribution in [3.63, 3.8) is 0 Å². The van der Waals surface area contributed by atoms with Crippen molar-refractivity contribution in [3.8, 4) is 11.3 Å². The van der Waals surface area contributed by atoms with E-state index in [1.165, 1.54) is 5.56 Å². The van der Waals surface area contributed by atoms with E-state index in [0.717, 1.165) is 22.9 Å². The largest absolute Gasteiger partial charge is 0.344 e. The molecule has 1 aromatic heterocycles. The zero-order valence-corrected chi connectivity index (χ0v) is 10.1. The fourth-order valence-electron chi connectivity index (χ4n) is 2.33. The van der Waals surface area contributed by atoms with Gasteiger partial charge in [-0.05, 0) is 29.8 Å². The summed E-state index contributed by atoms with van der Waals surface area (Å²) >= 11 is 0. The van der Waals surface area contributed by atoms with E-state index in [0.29, 0.717) is 5.56 Å². The highest BCUT2D eigenvalue weighted by Gasteiger charge is 2.07. The Morgan fingerprint density at radius 1 is 1.00 bits per heavy atom. The summed E-state index contributed by atoms with van der Waals surface area (Å²) in [6.45, 7) is 0. The molecule has 0 saturated carbocycles. The van der Waals surface area contributed by atoms with Crippen LogP contribution in [0.3, 0.4) is 0 Å². The Morgan fingerprint density at radius 3 is 2.50 bits per heavy atom. The minimum atomic E-state index is 0.715. The highest BCUT2D eigenvalue weighted by Crippen LogP contribution is 2.27. The number of carbonyl (C=O) groups excluding carboxylic acids is 1. The highest BCUT2D eigenvalue weighted by molar-refractivity contribution is 5.91. The molecule has 0 fully saturated rings. The first-order valence-corrected chi connectivity index (χ1v) is 5.89. The van der Waals surface area contributed by atoms with E-state index < -0.39 is 0 Å². The third-order valence-electron chi connectivity index (χ3n) is 3.27. The summed E-state index contributed by atoms with van der Waals surface area (Å²) in [6.07, 6.45) is 0.884. The third kappa shape index (κ3) is 1.63. The quantitative estimate of drug-likeness (QED) is 0.621. The average molecular weight is 235 g/mol. The molecule has 3 rings (SSSR count). The number of fused-ring (bicyclic) bond motifs is 1. The van der Waals surface area contributed by atoms with Crippen LogP contribution in [0.25, 0.3) is 22.2 Å². The molecule has 0 amide bonds. The molecule has 18 heavy (non-hydrogen) atoms. The maximum Gasteiger partial charge on any atom is 0.150 e. The maximum absolute atomic E-state index is 10.8. The molecule has 0 unspecified atom stereocenters. The van der Waals surface area contributed by atoms with Crippen molar-refractivity contribution >= 4 is 17.2 Å². The molecule has 2 heteroatoms. The Morgan fingerprint density at radius 2 is 1.78 bits per heavy atom. The van der Waals surface area contributed by atoms with Gasteiger partial charge in [-0.15, -0.1) is 0 Å². The molecule has 0 aliphatic carbocycles. The molecule has 0 bridgehead atoms. The molecule has 2 nitrogen and oxygen atoms in total. The third-order valence-corrected chi connectivity index (χ3v) is 3.27. The minimum absolute atomic E-state index is 0.715. The van der Waals surface area contributed by atoms with Gasteiger partial charge in [0.05, 0.1) is 0 Å². The molecule has 88 valence electrons. The van der Waals surface area contributed by atoms with Crippen molar-refractivity contribution in [1.29, 1.82) is 0 Å². The standard InChI is InChI=1S/C16H13NO/c1-17-15-8-7-12(11-18)9-14(15)10-16(17)13-5-3-2-4-6-13/h2-11H,1H3. The first kappa shape index (κ1) is 10.8. The number of aldehydes is 1. The van der Waals surface area contributed by atoms with Gasteiger partial charge in [0.15, 0.2) is 0 Å². The van der Waals surface area contributed by atoms with Crippen molar-refractivity contribution < 1.29 is 4.79 Å². The number of nitrogens with zero attached hydrogens (tertiary/aromatic N) is 1. The van der Waals surface area contributed by atoms with E-state index in [9.17, 15) is 4.79 Å². The van der Waals surface area contributed by atoms with Crippen molar-refractivity contribution in [2.45, 2.75) is 0 Å². The second kappa shape index (κ2) is 4.15.